The number of fused-ring (bicyclic) bond motifs is 5. The number of hydrogen-bond donors (Lipinski definition) is 0. The van der Waals surface area contributed by atoms with Gasteiger partial charge in [0, 0.05) is 10.8 Å². The van der Waals surface area contributed by atoms with E-state index >= 15 is 0 Å². The number of para-hydroxylation sites is 1. The first-order valence-corrected chi connectivity index (χ1v) is 15.4. The summed E-state index contributed by atoms with van der Waals surface area (Å²) in [6, 6.07) is 61.0. The third-order valence-electron chi connectivity index (χ3n) is 9.08. The van der Waals surface area contributed by atoms with Crippen LogP contribution in [0.4, 0.5) is 0 Å². The second-order valence-corrected chi connectivity index (χ2v) is 11.6. The summed E-state index contributed by atoms with van der Waals surface area (Å²) >= 11 is 0. The van der Waals surface area contributed by atoms with Crippen LogP contribution in [0.3, 0.4) is 0 Å². The highest BCUT2D eigenvalue weighted by molar-refractivity contribution is 6.24. The van der Waals surface area contributed by atoms with Crippen LogP contribution in [0, 0.1) is 0 Å². The molecule has 8 aromatic carbocycles. The molecule has 9 aromatic rings. The van der Waals surface area contributed by atoms with Crippen molar-refractivity contribution in [2.24, 2.45) is 0 Å². The van der Waals surface area contributed by atoms with E-state index in [4.69, 9.17) is 4.42 Å². The lowest BCUT2D eigenvalue weighted by molar-refractivity contribution is 0.669. The van der Waals surface area contributed by atoms with Crippen molar-refractivity contribution in [3.05, 3.63) is 170 Å². The molecule has 1 aromatic heterocycles. The summed E-state index contributed by atoms with van der Waals surface area (Å²) in [4.78, 5) is 0. The van der Waals surface area contributed by atoms with Gasteiger partial charge in [0.05, 0.1) is 0 Å². The van der Waals surface area contributed by atoms with Gasteiger partial charge in [0.2, 0.25) is 0 Å². The van der Waals surface area contributed by atoms with Gasteiger partial charge in [-0.15, -0.1) is 0 Å². The van der Waals surface area contributed by atoms with Crippen LogP contribution in [-0.4, -0.2) is 0 Å². The number of furan rings is 1. The Bertz CT molecular complexity index is 2460. The van der Waals surface area contributed by atoms with E-state index in [1.165, 1.54) is 60.5 Å². The van der Waals surface area contributed by atoms with Crippen LogP contribution in [0.5, 0.6) is 0 Å². The second-order valence-electron chi connectivity index (χ2n) is 11.6. The lowest BCUT2D eigenvalue weighted by Crippen LogP contribution is -1.94. The van der Waals surface area contributed by atoms with Gasteiger partial charge in [-0.3, -0.25) is 0 Å². The van der Waals surface area contributed by atoms with E-state index in [9.17, 15) is 0 Å². The minimum absolute atomic E-state index is 0.904. The molecule has 210 valence electrons. The van der Waals surface area contributed by atoms with Crippen molar-refractivity contribution in [3.8, 4) is 44.5 Å². The summed E-state index contributed by atoms with van der Waals surface area (Å²) in [5.41, 5.74) is 11.5. The molecule has 0 spiro atoms. The quantitative estimate of drug-likeness (QED) is 0.191. The minimum Gasteiger partial charge on any atom is -0.456 e. The van der Waals surface area contributed by atoms with Crippen molar-refractivity contribution in [1.82, 2.24) is 0 Å². The molecule has 0 N–H and O–H groups in total. The van der Waals surface area contributed by atoms with E-state index in [0.29, 0.717) is 0 Å². The van der Waals surface area contributed by atoms with Gasteiger partial charge >= 0.3 is 0 Å². The maximum absolute atomic E-state index is 6.41. The van der Waals surface area contributed by atoms with E-state index in [1.54, 1.807) is 0 Å². The topological polar surface area (TPSA) is 13.1 Å². The zero-order chi connectivity index (χ0) is 29.7. The molecule has 0 bridgehead atoms. The van der Waals surface area contributed by atoms with Gasteiger partial charge in [0.1, 0.15) is 11.2 Å². The van der Waals surface area contributed by atoms with Crippen LogP contribution in [-0.2, 0) is 0 Å². The van der Waals surface area contributed by atoms with Crippen molar-refractivity contribution >= 4 is 43.5 Å². The van der Waals surface area contributed by atoms with E-state index < -0.39 is 0 Å². The van der Waals surface area contributed by atoms with Gasteiger partial charge < -0.3 is 4.42 Å². The average Bonchev–Trinajstić information content (AvgIpc) is 3.48. The van der Waals surface area contributed by atoms with Crippen molar-refractivity contribution in [2.45, 2.75) is 0 Å². The predicted molar refractivity (Wildman–Crippen MR) is 190 cm³/mol. The molecule has 0 saturated carbocycles. The normalized spacial score (nSPS) is 11.6. The molecule has 0 radical (unpaired) electrons. The molecule has 1 heterocycles. The Morgan fingerprint density at radius 2 is 0.711 bits per heavy atom. The third-order valence-corrected chi connectivity index (χ3v) is 9.08. The van der Waals surface area contributed by atoms with E-state index in [-0.39, 0.29) is 0 Å². The molecule has 0 saturated heterocycles. The summed E-state index contributed by atoms with van der Waals surface area (Å²) in [5.74, 6) is 0. The van der Waals surface area contributed by atoms with Crippen molar-refractivity contribution in [2.75, 3.05) is 0 Å². The number of benzene rings is 8. The summed E-state index contributed by atoms with van der Waals surface area (Å²) < 4.78 is 6.41. The van der Waals surface area contributed by atoms with Gasteiger partial charge in [0.25, 0.3) is 0 Å². The Morgan fingerprint density at radius 3 is 1.31 bits per heavy atom. The van der Waals surface area contributed by atoms with Crippen LogP contribution in [0.1, 0.15) is 0 Å². The molecule has 9 rings (SSSR count). The van der Waals surface area contributed by atoms with Gasteiger partial charge in [-0.05, 0) is 84.3 Å². The maximum Gasteiger partial charge on any atom is 0.136 e. The first kappa shape index (κ1) is 25.6. The van der Waals surface area contributed by atoms with Crippen LogP contribution >= 0.6 is 0 Å². The summed E-state index contributed by atoms with van der Waals surface area (Å²) in [5, 5.41) is 7.22. The first-order chi connectivity index (χ1) is 22.3. The molecule has 0 unspecified atom stereocenters. The lowest BCUT2D eigenvalue weighted by atomic mass is 9.82. The maximum atomic E-state index is 6.41. The van der Waals surface area contributed by atoms with Crippen LogP contribution in [0.15, 0.2) is 174 Å². The largest absolute Gasteiger partial charge is 0.456 e. The Labute approximate surface area is 261 Å². The summed E-state index contributed by atoms with van der Waals surface area (Å²) in [6.07, 6.45) is 0. The molecule has 0 amide bonds. The standard InChI is InChI=1S/C44H28O/c1-3-15-29(16-4-1)31-19-7-8-21-33(31)43-34-22-9-11-24-36(34)44(37-25-12-10-23-35(37)43)40-27-39-32-20-13-14-26-41(32)45-42(39)28-38(40)30-17-5-2-6-18-30/h1-28H. The Morgan fingerprint density at radius 1 is 0.267 bits per heavy atom. The monoisotopic (exact) mass is 572 g/mol. The van der Waals surface area contributed by atoms with Crippen molar-refractivity contribution < 1.29 is 4.42 Å². The molecular formula is C44H28O. The Balaban J connectivity index is 1.44. The van der Waals surface area contributed by atoms with E-state index in [0.717, 1.165) is 27.5 Å². The smallest absolute Gasteiger partial charge is 0.136 e. The molecule has 45 heavy (non-hydrogen) atoms. The third kappa shape index (κ3) is 4.09. The first-order valence-electron chi connectivity index (χ1n) is 15.4. The van der Waals surface area contributed by atoms with Crippen LogP contribution < -0.4 is 0 Å². The zero-order valence-corrected chi connectivity index (χ0v) is 24.6. The van der Waals surface area contributed by atoms with Gasteiger partial charge in [-0.1, -0.05) is 152 Å². The number of hydrogen-bond acceptors (Lipinski definition) is 1. The van der Waals surface area contributed by atoms with Gasteiger partial charge in [-0.25, -0.2) is 0 Å². The highest BCUT2D eigenvalue weighted by atomic mass is 16.3. The van der Waals surface area contributed by atoms with Crippen molar-refractivity contribution in [1.29, 1.82) is 0 Å². The number of rotatable bonds is 4. The highest BCUT2D eigenvalue weighted by Crippen LogP contribution is 2.49. The molecule has 1 nitrogen and oxygen atoms in total. The summed E-state index contributed by atoms with van der Waals surface area (Å²) in [6.45, 7) is 0. The van der Waals surface area contributed by atoms with Crippen LogP contribution in [0.25, 0.3) is 88.0 Å². The van der Waals surface area contributed by atoms with Crippen molar-refractivity contribution in [3.63, 3.8) is 0 Å². The molecule has 1 heteroatoms. The Hall–Kier alpha value is -5.92. The molecule has 0 aliphatic heterocycles. The Kier molecular flexibility index (Phi) is 5.89. The fraction of sp³-hybridized carbons (Fsp3) is 0. The fourth-order valence-electron chi connectivity index (χ4n) is 7.11. The molecule has 0 fully saturated rings. The zero-order valence-electron chi connectivity index (χ0n) is 24.6. The average molecular weight is 573 g/mol. The molecule has 0 aliphatic rings. The fourth-order valence-corrected chi connectivity index (χ4v) is 7.11. The molecule has 0 aliphatic carbocycles. The minimum atomic E-state index is 0.904. The van der Waals surface area contributed by atoms with Gasteiger partial charge in [-0.2, -0.15) is 0 Å². The van der Waals surface area contributed by atoms with E-state index in [2.05, 4.69) is 164 Å². The summed E-state index contributed by atoms with van der Waals surface area (Å²) in [7, 11) is 0. The lowest BCUT2D eigenvalue weighted by Gasteiger charge is -2.21. The SMILES string of the molecule is c1ccc(-c2ccccc2-c2c3ccccc3c(-c3cc4c(cc3-c3ccccc3)oc3ccccc34)c3ccccc23)cc1. The van der Waals surface area contributed by atoms with E-state index in [1.807, 2.05) is 6.07 Å². The second kappa shape index (κ2) is 10.4. The predicted octanol–water partition coefficient (Wildman–Crippen LogP) is 12.6. The molecule has 0 atom stereocenters. The van der Waals surface area contributed by atoms with Gasteiger partial charge in [0.15, 0.2) is 0 Å². The van der Waals surface area contributed by atoms with Crippen LogP contribution in [0.2, 0.25) is 0 Å². The highest BCUT2D eigenvalue weighted by Gasteiger charge is 2.22. The molecular weight excluding hydrogens is 544 g/mol.